The van der Waals surface area contributed by atoms with Gasteiger partial charge in [-0.1, -0.05) is 6.07 Å². The fourth-order valence-electron chi connectivity index (χ4n) is 3.37. The van der Waals surface area contributed by atoms with Gasteiger partial charge in [-0.05, 0) is 30.7 Å². The molecule has 0 radical (unpaired) electrons. The number of nitrogens with one attached hydrogen (secondary N) is 2. The van der Waals surface area contributed by atoms with Gasteiger partial charge < -0.3 is 10.2 Å². The number of pyridine rings is 2. The van der Waals surface area contributed by atoms with E-state index in [9.17, 15) is 4.79 Å². The van der Waals surface area contributed by atoms with Gasteiger partial charge in [0.1, 0.15) is 11.5 Å². The van der Waals surface area contributed by atoms with Gasteiger partial charge in [0, 0.05) is 31.4 Å². The van der Waals surface area contributed by atoms with Crippen LogP contribution in [0.2, 0.25) is 0 Å². The quantitative estimate of drug-likeness (QED) is 0.574. The highest BCUT2D eigenvalue weighted by Gasteiger charge is 2.38. The molecule has 23 heavy (non-hydrogen) atoms. The lowest BCUT2D eigenvalue weighted by molar-refractivity contribution is 0.103. The van der Waals surface area contributed by atoms with Crippen LogP contribution in [0.25, 0.3) is 0 Å². The second-order valence-electron chi connectivity index (χ2n) is 5.87. The number of aromatic nitrogens is 2. The van der Waals surface area contributed by atoms with Gasteiger partial charge >= 0.3 is 0 Å². The van der Waals surface area contributed by atoms with Crippen molar-refractivity contribution in [3.05, 3.63) is 47.8 Å². The molecule has 7 nitrogen and oxygen atoms in total. The molecule has 2 aliphatic heterocycles. The molecule has 0 spiro atoms. The SMILES string of the molecule is O=C(c1cccc(N2C[C@@H]3C[C@@H]2CN3)n1)c1cccnc1NO. The highest BCUT2D eigenvalue weighted by Crippen LogP contribution is 2.28. The van der Waals surface area contributed by atoms with Crippen LogP contribution in [0.15, 0.2) is 36.5 Å². The van der Waals surface area contributed by atoms with Gasteiger partial charge in [0.25, 0.3) is 0 Å². The summed E-state index contributed by atoms with van der Waals surface area (Å²) >= 11 is 0. The molecule has 4 heterocycles. The molecular formula is C16H17N5O2. The first kappa shape index (κ1) is 14.1. The summed E-state index contributed by atoms with van der Waals surface area (Å²) in [6.45, 7) is 1.89. The molecule has 2 aromatic heterocycles. The highest BCUT2D eigenvalue weighted by molar-refractivity contribution is 6.10. The predicted octanol–water partition coefficient (Wildman–Crippen LogP) is 1.06. The summed E-state index contributed by atoms with van der Waals surface area (Å²) in [4.78, 5) is 23.4. The Hall–Kier alpha value is -2.51. The maximum atomic E-state index is 12.7. The molecule has 3 N–H and O–H groups in total. The molecule has 0 unspecified atom stereocenters. The minimum atomic E-state index is -0.265. The second-order valence-corrected chi connectivity index (χ2v) is 5.87. The Morgan fingerprint density at radius 2 is 2.26 bits per heavy atom. The largest absolute Gasteiger partial charge is 0.351 e. The van der Waals surface area contributed by atoms with Crippen molar-refractivity contribution in [2.45, 2.75) is 18.5 Å². The van der Waals surface area contributed by atoms with Crippen LogP contribution in [0.4, 0.5) is 11.6 Å². The summed E-state index contributed by atoms with van der Waals surface area (Å²) in [5.41, 5.74) is 2.60. The van der Waals surface area contributed by atoms with E-state index in [-0.39, 0.29) is 11.6 Å². The summed E-state index contributed by atoms with van der Waals surface area (Å²) in [6, 6.07) is 9.71. The molecule has 4 rings (SSSR count). The van der Waals surface area contributed by atoms with Gasteiger partial charge in [-0.25, -0.2) is 9.97 Å². The van der Waals surface area contributed by atoms with Crippen LogP contribution in [0, 0.1) is 0 Å². The third-order valence-corrected chi connectivity index (χ3v) is 4.48. The molecule has 2 atom stereocenters. The van der Waals surface area contributed by atoms with E-state index in [2.05, 4.69) is 20.2 Å². The number of rotatable bonds is 4. The Bertz CT molecular complexity index is 751. The van der Waals surface area contributed by atoms with Crippen molar-refractivity contribution in [2.24, 2.45) is 0 Å². The van der Waals surface area contributed by atoms with Crippen LogP contribution in [0.3, 0.4) is 0 Å². The monoisotopic (exact) mass is 311 g/mol. The van der Waals surface area contributed by atoms with E-state index in [1.807, 2.05) is 17.6 Å². The van der Waals surface area contributed by atoms with Gasteiger partial charge in [0.2, 0.25) is 5.78 Å². The van der Waals surface area contributed by atoms with E-state index in [1.165, 1.54) is 6.20 Å². The maximum absolute atomic E-state index is 12.7. The molecule has 2 fully saturated rings. The van der Waals surface area contributed by atoms with Gasteiger partial charge in [-0.3, -0.25) is 15.5 Å². The van der Waals surface area contributed by atoms with Crippen molar-refractivity contribution < 1.29 is 10.0 Å². The lowest BCUT2D eigenvalue weighted by Gasteiger charge is -2.28. The third kappa shape index (κ3) is 2.43. The predicted molar refractivity (Wildman–Crippen MR) is 84.9 cm³/mol. The Labute approximate surface area is 133 Å². The molecule has 0 saturated carbocycles. The Morgan fingerprint density at radius 3 is 3.00 bits per heavy atom. The summed E-state index contributed by atoms with van der Waals surface area (Å²) in [5.74, 6) is 0.695. The van der Waals surface area contributed by atoms with Gasteiger partial charge in [0.15, 0.2) is 5.82 Å². The summed E-state index contributed by atoms with van der Waals surface area (Å²) in [6.07, 6.45) is 2.63. The molecule has 0 aliphatic carbocycles. The number of hydrogen-bond acceptors (Lipinski definition) is 7. The van der Waals surface area contributed by atoms with E-state index in [0.29, 0.717) is 23.3 Å². The highest BCUT2D eigenvalue weighted by atomic mass is 16.5. The van der Waals surface area contributed by atoms with Crippen molar-refractivity contribution in [2.75, 3.05) is 23.5 Å². The Kier molecular flexibility index (Phi) is 3.44. The van der Waals surface area contributed by atoms with Crippen LogP contribution in [-0.4, -0.2) is 46.1 Å². The van der Waals surface area contributed by atoms with E-state index in [4.69, 9.17) is 5.21 Å². The fraction of sp³-hybridized carbons (Fsp3) is 0.312. The van der Waals surface area contributed by atoms with Crippen LogP contribution < -0.4 is 15.7 Å². The number of fused-ring (bicyclic) bond motifs is 2. The summed E-state index contributed by atoms with van der Waals surface area (Å²) < 4.78 is 0. The van der Waals surface area contributed by atoms with Gasteiger partial charge in [-0.2, -0.15) is 0 Å². The average molecular weight is 311 g/mol. The van der Waals surface area contributed by atoms with Crippen LogP contribution in [0.5, 0.6) is 0 Å². The first-order valence-electron chi connectivity index (χ1n) is 7.63. The van der Waals surface area contributed by atoms with Crippen molar-refractivity contribution in [3.63, 3.8) is 0 Å². The number of nitrogens with zero attached hydrogens (tertiary/aromatic N) is 3. The molecule has 2 aromatic rings. The smallest absolute Gasteiger partial charge is 0.215 e. The number of carbonyl (C=O) groups is 1. The zero-order valence-electron chi connectivity index (χ0n) is 12.4. The van der Waals surface area contributed by atoms with Crippen molar-refractivity contribution in [3.8, 4) is 0 Å². The van der Waals surface area contributed by atoms with E-state index in [0.717, 1.165) is 25.3 Å². The lowest BCUT2D eigenvalue weighted by Crippen LogP contribution is -2.44. The number of carbonyl (C=O) groups excluding carboxylic acids is 1. The van der Waals surface area contributed by atoms with Gasteiger partial charge in [-0.15, -0.1) is 0 Å². The molecule has 2 aliphatic rings. The number of piperazine rings is 1. The standard InChI is InChI=1S/C16H17N5O2/c22-15(12-3-2-6-17-16(12)20-23)13-4-1-5-14(19-13)21-9-10-7-11(21)8-18-10/h1-6,10-11,18,23H,7-9H2,(H,17,20)/t10-,11+/m0/s1. The average Bonchev–Trinajstić information content (AvgIpc) is 3.24. The van der Waals surface area contributed by atoms with Crippen LogP contribution >= 0.6 is 0 Å². The van der Waals surface area contributed by atoms with Crippen LogP contribution in [-0.2, 0) is 0 Å². The molecule has 2 bridgehead atoms. The molecule has 118 valence electrons. The lowest BCUT2D eigenvalue weighted by atomic mass is 10.1. The minimum Gasteiger partial charge on any atom is -0.351 e. The van der Waals surface area contributed by atoms with Gasteiger partial charge in [0.05, 0.1) is 5.56 Å². The first-order valence-corrected chi connectivity index (χ1v) is 7.63. The normalized spacial score (nSPS) is 22.4. The molecular weight excluding hydrogens is 294 g/mol. The topological polar surface area (TPSA) is 90.4 Å². The van der Waals surface area contributed by atoms with Crippen LogP contribution in [0.1, 0.15) is 22.5 Å². The molecule has 2 saturated heterocycles. The maximum Gasteiger partial charge on any atom is 0.215 e. The van der Waals surface area contributed by atoms with Crippen molar-refractivity contribution in [1.29, 1.82) is 0 Å². The summed E-state index contributed by atoms with van der Waals surface area (Å²) in [7, 11) is 0. The van der Waals surface area contributed by atoms with Crippen molar-refractivity contribution >= 4 is 17.4 Å². The number of hydrogen-bond donors (Lipinski definition) is 3. The molecule has 0 aromatic carbocycles. The van der Waals surface area contributed by atoms with E-state index in [1.54, 1.807) is 18.2 Å². The second kappa shape index (κ2) is 5.60. The zero-order valence-corrected chi connectivity index (χ0v) is 12.4. The minimum absolute atomic E-state index is 0.133. The number of anilines is 2. The fourth-order valence-corrected chi connectivity index (χ4v) is 3.37. The third-order valence-electron chi connectivity index (χ3n) is 4.48. The Morgan fingerprint density at radius 1 is 1.35 bits per heavy atom. The summed E-state index contributed by atoms with van der Waals surface area (Å²) in [5, 5.41) is 12.6. The Balaban J connectivity index is 1.65. The zero-order chi connectivity index (χ0) is 15.8. The van der Waals surface area contributed by atoms with Crippen molar-refractivity contribution in [1.82, 2.24) is 15.3 Å². The molecule has 7 heteroatoms. The van der Waals surface area contributed by atoms with E-state index < -0.39 is 0 Å². The van der Waals surface area contributed by atoms with E-state index >= 15 is 0 Å². The number of ketones is 1. The first-order chi connectivity index (χ1) is 11.3. The molecule has 0 amide bonds.